The lowest BCUT2D eigenvalue weighted by Gasteiger charge is -2.18. The Labute approximate surface area is 123 Å². The largest absolute Gasteiger partial charge is 0.497 e. The molecule has 0 aliphatic carbocycles. The first-order valence-electron chi connectivity index (χ1n) is 6.26. The minimum atomic E-state index is -0.342. The van der Waals surface area contributed by atoms with E-state index < -0.39 is 0 Å². The fourth-order valence-electron chi connectivity index (χ4n) is 1.97. The summed E-state index contributed by atoms with van der Waals surface area (Å²) in [5.74, 6) is 7.49. The van der Waals surface area contributed by atoms with Crippen molar-refractivity contribution >= 4 is 0 Å². The number of hydrogen-bond donors (Lipinski definition) is 2. The lowest BCUT2D eigenvalue weighted by Crippen LogP contribution is -2.29. The molecule has 3 N–H and O–H groups in total. The number of nitrogens with one attached hydrogen (secondary N) is 1. The molecule has 1 heterocycles. The van der Waals surface area contributed by atoms with Gasteiger partial charge >= 0.3 is 0 Å². The normalized spacial score (nSPS) is 11.8. The number of hydrazine groups is 1. The van der Waals surface area contributed by atoms with E-state index >= 15 is 0 Å². The summed E-state index contributed by atoms with van der Waals surface area (Å²) in [6.07, 6.45) is 1.43. The standard InChI is InChI=1S/C14H18N4O3/c1-19-10-4-9(5-11(6-10)20-2)14(18-15)12-7-13(21-3)17-8-16-12/h4-8,14,18H,15H2,1-3H3. The summed E-state index contributed by atoms with van der Waals surface area (Å²) in [6, 6.07) is 6.89. The van der Waals surface area contributed by atoms with Crippen LogP contribution in [-0.4, -0.2) is 31.3 Å². The van der Waals surface area contributed by atoms with E-state index in [1.54, 1.807) is 33.5 Å². The van der Waals surface area contributed by atoms with E-state index in [1.807, 2.05) is 12.1 Å². The van der Waals surface area contributed by atoms with Gasteiger partial charge in [-0.15, -0.1) is 0 Å². The van der Waals surface area contributed by atoms with E-state index in [0.717, 1.165) is 5.56 Å². The zero-order chi connectivity index (χ0) is 15.2. The number of ether oxygens (including phenoxy) is 3. The zero-order valence-electron chi connectivity index (χ0n) is 12.2. The summed E-state index contributed by atoms with van der Waals surface area (Å²) in [6.45, 7) is 0. The SMILES string of the molecule is COc1cc(OC)cc(C(NN)c2cc(OC)ncn2)c1. The van der Waals surface area contributed by atoms with Gasteiger partial charge in [-0.2, -0.15) is 0 Å². The molecule has 7 heteroatoms. The Morgan fingerprint density at radius 2 is 1.62 bits per heavy atom. The fraction of sp³-hybridized carbons (Fsp3) is 0.286. The monoisotopic (exact) mass is 290 g/mol. The van der Waals surface area contributed by atoms with Crippen LogP contribution in [0.15, 0.2) is 30.6 Å². The molecule has 0 bridgehead atoms. The van der Waals surface area contributed by atoms with E-state index in [1.165, 1.54) is 6.33 Å². The van der Waals surface area contributed by atoms with Crippen molar-refractivity contribution in [2.45, 2.75) is 6.04 Å². The van der Waals surface area contributed by atoms with Crippen LogP contribution in [0.25, 0.3) is 0 Å². The van der Waals surface area contributed by atoms with E-state index in [2.05, 4.69) is 15.4 Å². The van der Waals surface area contributed by atoms with Gasteiger partial charge in [0.2, 0.25) is 5.88 Å². The minimum absolute atomic E-state index is 0.342. The van der Waals surface area contributed by atoms with Crippen molar-refractivity contribution in [2.24, 2.45) is 5.84 Å². The summed E-state index contributed by atoms with van der Waals surface area (Å²) in [5, 5.41) is 0. The maximum Gasteiger partial charge on any atom is 0.216 e. The van der Waals surface area contributed by atoms with Crippen LogP contribution < -0.4 is 25.5 Å². The zero-order valence-corrected chi connectivity index (χ0v) is 12.2. The Morgan fingerprint density at radius 1 is 0.952 bits per heavy atom. The molecule has 1 aromatic carbocycles. The molecule has 7 nitrogen and oxygen atoms in total. The fourth-order valence-corrected chi connectivity index (χ4v) is 1.97. The predicted molar refractivity (Wildman–Crippen MR) is 77.3 cm³/mol. The minimum Gasteiger partial charge on any atom is -0.497 e. The molecule has 1 unspecified atom stereocenters. The summed E-state index contributed by atoms with van der Waals surface area (Å²) < 4.78 is 15.6. The molecule has 2 aromatic rings. The first-order chi connectivity index (χ1) is 10.2. The number of nitrogens with two attached hydrogens (primary N) is 1. The maximum absolute atomic E-state index is 5.68. The van der Waals surface area contributed by atoms with E-state index in [-0.39, 0.29) is 6.04 Å². The van der Waals surface area contributed by atoms with Gasteiger partial charge in [0, 0.05) is 12.1 Å². The molecule has 21 heavy (non-hydrogen) atoms. The molecule has 0 amide bonds. The van der Waals surface area contributed by atoms with Gasteiger partial charge in [0.25, 0.3) is 0 Å². The highest BCUT2D eigenvalue weighted by Crippen LogP contribution is 2.29. The Bertz CT molecular complexity index is 584. The number of rotatable bonds is 6. The van der Waals surface area contributed by atoms with Crippen LogP contribution in [0.1, 0.15) is 17.3 Å². The molecule has 112 valence electrons. The smallest absolute Gasteiger partial charge is 0.216 e. The van der Waals surface area contributed by atoms with Crippen molar-refractivity contribution in [3.05, 3.63) is 41.9 Å². The average molecular weight is 290 g/mol. The van der Waals surface area contributed by atoms with Crippen LogP contribution >= 0.6 is 0 Å². The lowest BCUT2D eigenvalue weighted by atomic mass is 10.0. The third-order valence-corrected chi connectivity index (χ3v) is 3.04. The number of nitrogens with zero attached hydrogens (tertiary/aromatic N) is 2. The topological polar surface area (TPSA) is 91.5 Å². The number of hydrogen-bond acceptors (Lipinski definition) is 7. The van der Waals surface area contributed by atoms with Gasteiger partial charge in [0.15, 0.2) is 0 Å². The van der Waals surface area contributed by atoms with Crippen molar-refractivity contribution in [1.82, 2.24) is 15.4 Å². The van der Waals surface area contributed by atoms with Crippen molar-refractivity contribution in [1.29, 1.82) is 0 Å². The molecule has 2 rings (SSSR count). The molecular weight excluding hydrogens is 272 g/mol. The third-order valence-electron chi connectivity index (χ3n) is 3.04. The second-order valence-corrected chi connectivity index (χ2v) is 4.23. The average Bonchev–Trinajstić information content (AvgIpc) is 2.55. The Morgan fingerprint density at radius 3 is 2.14 bits per heavy atom. The van der Waals surface area contributed by atoms with Crippen LogP contribution in [0, 0.1) is 0 Å². The first kappa shape index (κ1) is 15.0. The molecule has 0 spiro atoms. The second-order valence-electron chi connectivity index (χ2n) is 4.23. The van der Waals surface area contributed by atoms with Gasteiger partial charge in [0.05, 0.1) is 33.1 Å². The number of benzene rings is 1. The summed E-state index contributed by atoms with van der Waals surface area (Å²) >= 11 is 0. The van der Waals surface area contributed by atoms with E-state index in [0.29, 0.717) is 23.1 Å². The number of methoxy groups -OCH3 is 3. The highest BCUT2D eigenvalue weighted by atomic mass is 16.5. The second kappa shape index (κ2) is 6.87. The Kier molecular flexibility index (Phi) is 4.91. The molecule has 0 radical (unpaired) electrons. The predicted octanol–water partition coefficient (Wildman–Crippen LogP) is 1.06. The van der Waals surface area contributed by atoms with Crippen LogP contribution in [0.5, 0.6) is 17.4 Å². The highest BCUT2D eigenvalue weighted by Gasteiger charge is 2.17. The molecule has 1 aromatic heterocycles. The van der Waals surface area contributed by atoms with Gasteiger partial charge in [-0.3, -0.25) is 5.84 Å². The van der Waals surface area contributed by atoms with Gasteiger partial charge in [-0.25, -0.2) is 15.4 Å². The first-order valence-corrected chi connectivity index (χ1v) is 6.26. The van der Waals surface area contributed by atoms with Gasteiger partial charge < -0.3 is 14.2 Å². The quantitative estimate of drug-likeness (QED) is 0.607. The molecule has 0 saturated heterocycles. The van der Waals surface area contributed by atoms with Crippen LogP contribution in [0.2, 0.25) is 0 Å². The van der Waals surface area contributed by atoms with E-state index in [4.69, 9.17) is 20.1 Å². The van der Waals surface area contributed by atoms with Crippen LogP contribution in [0.3, 0.4) is 0 Å². The Hall–Kier alpha value is -2.38. The summed E-state index contributed by atoms with van der Waals surface area (Å²) in [4.78, 5) is 8.22. The van der Waals surface area contributed by atoms with Crippen molar-refractivity contribution in [3.8, 4) is 17.4 Å². The lowest BCUT2D eigenvalue weighted by molar-refractivity contribution is 0.391. The number of aromatic nitrogens is 2. The van der Waals surface area contributed by atoms with E-state index in [9.17, 15) is 0 Å². The molecule has 1 atom stereocenters. The van der Waals surface area contributed by atoms with Gasteiger partial charge in [-0.05, 0) is 17.7 Å². The highest BCUT2D eigenvalue weighted by molar-refractivity contribution is 5.42. The third kappa shape index (κ3) is 3.39. The summed E-state index contributed by atoms with van der Waals surface area (Å²) in [5.41, 5.74) is 4.27. The van der Waals surface area contributed by atoms with Crippen LogP contribution in [-0.2, 0) is 0 Å². The Balaban J connectivity index is 2.44. The summed E-state index contributed by atoms with van der Waals surface area (Å²) in [7, 11) is 4.74. The van der Waals surface area contributed by atoms with Crippen molar-refractivity contribution in [3.63, 3.8) is 0 Å². The molecule has 0 aliphatic heterocycles. The van der Waals surface area contributed by atoms with Crippen molar-refractivity contribution < 1.29 is 14.2 Å². The molecule has 0 saturated carbocycles. The maximum atomic E-state index is 5.68. The van der Waals surface area contributed by atoms with Crippen molar-refractivity contribution in [2.75, 3.05) is 21.3 Å². The molecule has 0 fully saturated rings. The van der Waals surface area contributed by atoms with Gasteiger partial charge in [-0.1, -0.05) is 0 Å². The molecular formula is C14H18N4O3. The molecule has 0 aliphatic rings. The van der Waals surface area contributed by atoms with Crippen LogP contribution in [0.4, 0.5) is 0 Å². The van der Waals surface area contributed by atoms with Gasteiger partial charge in [0.1, 0.15) is 17.8 Å².